The van der Waals surface area contributed by atoms with Gasteiger partial charge < -0.3 is 5.32 Å². The van der Waals surface area contributed by atoms with Gasteiger partial charge in [-0.05, 0) is 35.0 Å². The molecule has 1 aromatic rings. The summed E-state index contributed by atoms with van der Waals surface area (Å²) in [6, 6.07) is 8.35. The molecule has 0 aromatic heterocycles. The van der Waals surface area contributed by atoms with Gasteiger partial charge in [0.1, 0.15) is 0 Å². The zero-order valence-electron chi connectivity index (χ0n) is 13.4. The lowest BCUT2D eigenvalue weighted by Crippen LogP contribution is -2.23. The van der Waals surface area contributed by atoms with E-state index in [2.05, 4.69) is 64.2 Å². The van der Waals surface area contributed by atoms with Gasteiger partial charge in [0.05, 0.1) is 0 Å². The molecule has 1 amide bonds. The number of carbonyl (C=O) groups excluding carboxylic acids is 1. The van der Waals surface area contributed by atoms with Gasteiger partial charge in [0.15, 0.2) is 0 Å². The molecule has 1 aromatic carbocycles. The number of rotatable bonds is 5. The fourth-order valence-corrected chi connectivity index (χ4v) is 1.81. The summed E-state index contributed by atoms with van der Waals surface area (Å²) in [5.41, 5.74) is 2.52. The van der Waals surface area contributed by atoms with Crippen molar-refractivity contribution in [3.8, 4) is 0 Å². The van der Waals surface area contributed by atoms with Crippen LogP contribution < -0.4 is 5.32 Å². The first kappa shape index (κ1) is 16.5. The molecular weight excluding hydrogens is 246 g/mol. The van der Waals surface area contributed by atoms with E-state index in [9.17, 15) is 4.79 Å². The third-order valence-corrected chi connectivity index (χ3v) is 3.22. The minimum Gasteiger partial charge on any atom is -0.353 e. The fourth-order valence-electron chi connectivity index (χ4n) is 1.81. The fraction of sp³-hybridized carbons (Fsp3) is 0.500. The molecule has 0 unspecified atom stereocenters. The first-order valence-electron chi connectivity index (χ1n) is 7.35. The molecule has 0 saturated heterocycles. The summed E-state index contributed by atoms with van der Waals surface area (Å²) < 4.78 is 0. The van der Waals surface area contributed by atoms with Gasteiger partial charge in [0.2, 0.25) is 5.91 Å². The lowest BCUT2D eigenvalue weighted by molar-refractivity contribution is -0.116. The largest absolute Gasteiger partial charge is 0.353 e. The Morgan fingerprint density at radius 2 is 1.80 bits per heavy atom. The van der Waals surface area contributed by atoms with Crippen molar-refractivity contribution in [2.24, 2.45) is 5.92 Å². The standard InChI is InChI=1S/C18H27NO/c1-14(2)12-13-19-17(20)11-8-15-6-9-16(10-7-15)18(3,4)5/h6-11,14H,12-13H2,1-5H3,(H,19,20)/b11-8+. The first-order valence-corrected chi connectivity index (χ1v) is 7.35. The summed E-state index contributed by atoms with van der Waals surface area (Å²) in [7, 11) is 0. The van der Waals surface area contributed by atoms with Crippen molar-refractivity contribution in [2.45, 2.75) is 46.5 Å². The highest BCUT2D eigenvalue weighted by atomic mass is 16.1. The van der Waals surface area contributed by atoms with Crippen molar-refractivity contribution in [2.75, 3.05) is 6.54 Å². The third kappa shape index (κ3) is 6.05. The van der Waals surface area contributed by atoms with E-state index in [4.69, 9.17) is 0 Å². The smallest absolute Gasteiger partial charge is 0.243 e. The molecule has 0 saturated carbocycles. The molecule has 1 rings (SSSR count). The van der Waals surface area contributed by atoms with Crippen LogP contribution in [-0.2, 0) is 10.2 Å². The van der Waals surface area contributed by atoms with Gasteiger partial charge in [-0.25, -0.2) is 0 Å². The van der Waals surface area contributed by atoms with Gasteiger partial charge in [-0.3, -0.25) is 4.79 Å². The summed E-state index contributed by atoms with van der Waals surface area (Å²) in [6.45, 7) is 11.6. The Bertz CT molecular complexity index is 449. The quantitative estimate of drug-likeness (QED) is 0.802. The normalized spacial score (nSPS) is 12.1. The maximum atomic E-state index is 11.6. The van der Waals surface area contributed by atoms with Gasteiger partial charge in [0, 0.05) is 12.6 Å². The molecule has 0 spiro atoms. The van der Waals surface area contributed by atoms with Crippen LogP contribution in [0.3, 0.4) is 0 Å². The van der Waals surface area contributed by atoms with Gasteiger partial charge in [-0.1, -0.05) is 58.9 Å². The number of hydrogen-bond acceptors (Lipinski definition) is 1. The summed E-state index contributed by atoms with van der Waals surface area (Å²) in [5.74, 6) is 0.592. The van der Waals surface area contributed by atoms with E-state index in [-0.39, 0.29) is 11.3 Å². The number of nitrogens with one attached hydrogen (secondary N) is 1. The summed E-state index contributed by atoms with van der Waals surface area (Å²) in [4.78, 5) is 11.6. The second-order valence-electron chi connectivity index (χ2n) is 6.68. The van der Waals surface area contributed by atoms with E-state index in [1.807, 2.05) is 6.08 Å². The predicted octanol–water partition coefficient (Wildman–Crippen LogP) is 4.16. The van der Waals surface area contributed by atoms with E-state index in [0.717, 1.165) is 18.5 Å². The molecule has 0 aliphatic rings. The minimum atomic E-state index is -0.0226. The topological polar surface area (TPSA) is 29.1 Å². The Hall–Kier alpha value is -1.57. The average molecular weight is 273 g/mol. The van der Waals surface area contributed by atoms with E-state index in [0.29, 0.717) is 5.92 Å². The Balaban J connectivity index is 2.52. The molecule has 20 heavy (non-hydrogen) atoms. The van der Waals surface area contributed by atoms with Crippen molar-refractivity contribution in [3.05, 3.63) is 41.5 Å². The van der Waals surface area contributed by atoms with E-state index in [1.54, 1.807) is 6.08 Å². The van der Waals surface area contributed by atoms with Crippen molar-refractivity contribution in [1.29, 1.82) is 0 Å². The average Bonchev–Trinajstić information content (AvgIpc) is 2.35. The molecule has 1 N–H and O–H groups in total. The second-order valence-corrected chi connectivity index (χ2v) is 6.68. The van der Waals surface area contributed by atoms with Crippen LogP contribution in [0.1, 0.15) is 52.2 Å². The molecule has 0 heterocycles. The van der Waals surface area contributed by atoms with E-state index >= 15 is 0 Å². The van der Waals surface area contributed by atoms with Crippen molar-refractivity contribution in [1.82, 2.24) is 5.32 Å². The van der Waals surface area contributed by atoms with E-state index < -0.39 is 0 Å². The highest BCUT2D eigenvalue weighted by Crippen LogP contribution is 2.22. The van der Waals surface area contributed by atoms with Gasteiger partial charge in [-0.15, -0.1) is 0 Å². The van der Waals surface area contributed by atoms with Crippen LogP contribution >= 0.6 is 0 Å². The highest BCUT2D eigenvalue weighted by molar-refractivity contribution is 5.91. The number of amides is 1. The Kier molecular flexibility index (Phi) is 6.00. The minimum absolute atomic E-state index is 0.0226. The van der Waals surface area contributed by atoms with Crippen LogP contribution in [0.2, 0.25) is 0 Å². The zero-order chi connectivity index (χ0) is 15.2. The molecule has 0 fully saturated rings. The van der Waals surface area contributed by atoms with Crippen LogP contribution in [0.25, 0.3) is 6.08 Å². The molecule has 2 nitrogen and oxygen atoms in total. The number of carbonyl (C=O) groups is 1. The van der Waals surface area contributed by atoms with Gasteiger partial charge >= 0.3 is 0 Å². The number of benzene rings is 1. The SMILES string of the molecule is CC(C)CCNC(=O)/C=C/c1ccc(C(C)(C)C)cc1. The monoisotopic (exact) mass is 273 g/mol. The molecule has 0 aliphatic heterocycles. The van der Waals surface area contributed by atoms with Crippen molar-refractivity contribution < 1.29 is 4.79 Å². The molecule has 0 bridgehead atoms. The van der Waals surface area contributed by atoms with Crippen LogP contribution in [-0.4, -0.2) is 12.5 Å². The van der Waals surface area contributed by atoms with Crippen molar-refractivity contribution >= 4 is 12.0 Å². The van der Waals surface area contributed by atoms with E-state index in [1.165, 1.54) is 5.56 Å². The van der Waals surface area contributed by atoms with Crippen LogP contribution in [0.4, 0.5) is 0 Å². The Morgan fingerprint density at radius 3 is 2.30 bits per heavy atom. The maximum Gasteiger partial charge on any atom is 0.243 e. The van der Waals surface area contributed by atoms with Crippen LogP contribution in [0, 0.1) is 5.92 Å². The molecule has 2 heteroatoms. The Morgan fingerprint density at radius 1 is 1.20 bits per heavy atom. The lowest BCUT2D eigenvalue weighted by atomic mass is 9.87. The van der Waals surface area contributed by atoms with Crippen molar-refractivity contribution in [3.63, 3.8) is 0 Å². The van der Waals surface area contributed by atoms with Crippen LogP contribution in [0.15, 0.2) is 30.3 Å². The third-order valence-electron chi connectivity index (χ3n) is 3.22. The Labute approximate surface area is 123 Å². The highest BCUT2D eigenvalue weighted by Gasteiger charge is 2.12. The zero-order valence-corrected chi connectivity index (χ0v) is 13.4. The molecule has 0 radical (unpaired) electrons. The molecule has 0 atom stereocenters. The lowest BCUT2D eigenvalue weighted by Gasteiger charge is -2.18. The first-order chi connectivity index (χ1) is 9.29. The van der Waals surface area contributed by atoms with Gasteiger partial charge in [0.25, 0.3) is 0 Å². The predicted molar refractivity (Wildman–Crippen MR) is 86.6 cm³/mol. The summed E-state index contributed by atoms with van der Waals surface area (Å²) in [5, 5.41) is 2.89. The number of hydrogen-bond donors (Lipinski definition) is 1. The molecular formula is C18H27NO. The second kappa shape index (κ2) is 7.28. The molecule has 110 valence electrons. The maximum absolute atomic E-state index is 11.6. The molecule has 0 aliphatic carbocycles. The van der Waals surface area contributed by atoms with Gasteiger partial charge in [-0.2, -0.15) is 0 Å². The van der Waals surface area contributed by atoms with Crippen LogP contribution in [0.5, 0.6) is 0 Å². The summed E-state index contributed by atoms with van der Waals surface area (Å²) >= 11 is 0. The summed E-state index contributed by atoms with van der Waals surface area (Å²) in [6.07, 6.45) is 4.48.